The van der Waals surface area contributed by atoms with Gasteiger partial charge in [0.1, 0.15) is 23.2 Å². The molecule has 1 fully saturated rings. The first kappa shape index (κ1) is 20.6. The van der Waals surface area contributed by atoms with Gasteiger partial charge in [0, 0.05) is 23.5 Å². The third kappa shape index (κ3) is 4.00. The molecule has 0 bridgehead atoms. The predicted molar refractivity (Wildman–Crippen MR) is 111 cm³/mol. The van der Waals surface area contributed by atoms with Gasteiger partial charge in [-0.1, -0.05) is 9.24 Å². The summed E-state index contributed by atoms with van der Waals surface area (Å²) in [5, 5.41) is 3.48. The summed E-state index contributed by atoms with van der Waals surface area (Å²) in [6.07, 6.45) is 2.17. The standard InChI is InChI=1S/C20H21F2N4O3P/c1-26-8-7-11(9-26)23-18(27)14-10-29-19(24-14)13-3-5-15(28-2)17-12(13)4-6-16(25-17)20(21,22)30/h3-6,10-11H,7-9,30H2,1-2H3,(H,23,27)/t11-/m1/s1. The van der Waals surface area contributed by atoms with Gasteiger partial charge in [0.15, 0.2) is 5.69 Å². The normalized spacial score (nSPS) is 17.4. The Labute approximate surface area is 174 Å². The Hall–Kier alpha value is -2.64. The molecule has 1 aliphatic rings. The van der Waals surface area contributed by atoms with E-state index in [9.17, 15) is 13.6 Å². The van der Waals surface area contributed by atoms with E-state index in [0.29, 0.717) is 16.7 Å². The van der Waals surface area contributed by atoms with Crippen molar-refractivity contribution in [2.24, 2.45) is 0 Å². The first-order chi connectivity index (χ1) is 14.3. The smallest absolute Gasteiger partial charge is 0.300 e. The second-order valence-electron chi connectivity index (χ2n) is 7.29. The van der Waals surface area contributed by atoms with Gasteiger partial charge in [-0.2, -0.15) is 8.78 Å². The number of carbonyl (C=O) groups is 1. The lowest BCUT2D eigenvalue weighted by Gasteiger charge is -2.13. The van der Waals surface area contributed by atoms with Crippen LogP contribution in [-0.4, -0.2) is 54.1 Å². The van der Waals surface area contributed by atoms with E-state index in [0.717, 1.165) is 19.5 Å². The number of likely N-dealkylation sites (N-methyl/N-ethyl adjacent to an activating group) is 1. The summed E-state index contributed by atoms with van der Waals surface area (Å²) in [6, 6.07) is 6.13. The van der Waals surface area contributed by atoms with E-state index in [2.05, 4.69) is 20.2 Å². The van der Waals surface area contributed by atoms with Crippen LogP contribution in [0.15, 0.2) is 34.9 Å². The summed E-state index contributed by atoms with van der Waals surface area (Å²) in [5.74, 6) is 0.231. The van der Waals surface area contributed by atoms with E-state index < -0.39 is 11.4 Å². The van der Waals surface area contributed by atoms with Crippen molar-refractivity contribution in [1.82, 2.24) is 20.2 Å². The highest BCUT2D eigenvalue weighted by atomic mass is 31.0. The van der Waals surface area contributed by atoms with Crippen LogP contribution in [0.3, 0.4) is 0 Å². The number of halogens is 2. The van der Waals surface area contributed by atoms with E-state index in [4.69, 9.17) is 9.15 Å². The molecule has 0 saturated carbocycles. The van der Waals surface area contributed by atoms with Gasteiger partial charge in [-0.05, 0) is 44.3 Å². The molecule has 2 atom stereocenters. The van der Waals surface area contributed by atoms with E-state index >= 15 is 0 Å². The van der Waals surface area contributed by atoms with Gasteiger partial charge in [0.05, 0.1) is 7.11 Å². The number of fused-ring (bicyclic) bond motifs is 1. The van der Waals surface area contributed by atoms with Gasteiger partial charge in [-0.15, -0.1) is 0 Å². The number of likely N-dealkylation sites (tertiary alicyclic amines) is 1. The largest absolute Gasteiger partial charge is 0.494 e. The summed E-state index contributed by atoms with van der Waals surface area (Å²) in [4.78, 5) is 23.0. The van der Waals surface area contributed by atoms with E-state index in [1.54, 1.807) is 12.1 Å². The SMILES string of the molecule is COc1ccc(-c2nc(C(=O)N[C@@H]3CCN(C)C3)co2)c2ccc(C(F)(F)P)nc12. The number of hydrogen-bond acceptors (Lipinski definition) is 6. The summed E-state index contributed by atoms with van der Waals surface area (Å²) in [5.41, 5.74) is -2.63. The number of rotatable bonds is 5. The minimum absolute atomic E-state index is 0.0701. The predicted octanol–water partition coefficient (Wildman–Crippen LogP) is 3.26. The topological polar surface area (TPSA) is 80.5 Å². The Morgan fingerprint density at radius 2 is 2.13 bits per heavy atom. The van der Waals surface area contributed by atoms with Crippen molar-refractivity contribution in [2.45, 2.75) is 18.1 Å². The number of hydrogen-bond donors (Lipinski definition) is 1. The first-order valence-electron chi connectivity index (χ1n) is 9.36. The maximum Gasteiger partial charge on any atom is 0.300 e. The van der Waals surface area contributed by atoms with Crippen LogP contribution in [0.4, 0.5) is 8.78 Å². The van der Waals surface area contributed by atoms with Crippen LogP contribution in [-0.2, 0) is 5.66 Å². The van der Waals surface area contributed by atoms with Gasteiger partial charge < -0.3 is 19.4 Å². The number of nitrogens with one attached hydrogen (secondary N) is 1. The average molecular weight is 434 g/mol. The van der Waals surface area contributed by atoms with Crippen molar-refractivity contribution in [3.8, 4) is 17.2 Å². The summed E-state index contributed by atoms with van der Waals surface area (Å²) < 4.78 is 38.2. The zero-order chi connectivity index (χ0) is 21.5. The zero-order valence-electron chi connectivity index (χ0n) is 16.5. The second kappa shape index (κ2) is 7.89. The molecule has 7 nitrogen and oxygen atoms in total. The van der Waals surface area contributed by atoms with Crippen LogP contribution in [0.2, 0.25) is 0 Å². The average Bonchev–Trinajstić information content (AvgIpc) is 3.35. The monoisotopic (exact) mass is 434 g/mol. The molecule has 158 valence electrons. The van der Waals surface area contributed by atoms with Crippen molar-refractivity contribution >= 4 is 26.0 Å². The molecule has 0 aliphatic carbocycles. The molecule has 0 spiro atoms. The summed E-state index contributed by atoms with van der Waals surface area (Å²) in [6.45, 7) is 1.71. The number of alkyl halides is 2. The molecule has 4 rings (SSSR count). The van der Waals surface area contributed by atoms with Crippen molar-refractivity contribution in [2.75, 3.05) is 27.2 Å². The number of pyridine rings is 1. The highest BCUT2D eigenvalue weighted by Gasteiger charge is 2.28. The minimum atomic E-state index is -3.17. The lowest BCUT2D eigenvalue weighted by atomic mass is 10.1. The number of oxazole rings is 1. The Bertz CT molecular complexity index is 1100. The van der Waals surface area contributed by atoms with E-state index in [1.807, 2.05) is 7.05 Å². The van der Waals surface area contributed by atoms with Gasteiger partial charge in [0.25, 0.3) is 11.6 Å². The van der Waals surface area contributed by atoms with Crippen LogP contribution in [0.5, 0.6) is 5.75 Å². The lowest BCUT2D eigenvalue weighted by molar-refractivity contribution is 0.0932. The quantitative estimate of drug-likeness (QED) is 0.621. The second-order valence-corrected chi connectivity index (χ2v) is 8.02. The Balaban J connectivity index is 1.67. The Morgan fingerprint density at radius 3 is 2.80 bits per heavy atom. The molecule has 1 amide bonds. The number of methoxy groups -OCH3 is 1. The fraction of sp³-hybridized carbons (Fsp3) is 0.350. The van der Waals surface area contributed by atoms with Crippen molar-refractivity contribution in [3.05, 3.63) is 41.9 Å². The van der Waals surface area contributed by atoms with Crippen molar-refractivity contribution in [3.63, 3.8) is 0 Å². The molecule has 3 aromatic rings. The van der Waals surface area contributed by atoms with Gasteiger partial charge in [-0.25, -0.2) is 9.97 Å². The van der Waals surface area contributed by atoms with E-state index in [-0.39, 0.29) is 29.1 Å². The van der Waals surface area contributed by atoms with Gasteiger partial charge in [-0.3, -0.25) is 4.79 Å². The lowest BCUT2D eigenvalue weighted by Crippen LogP contribution is -2.36. The van der Waals surface area contributed by atoms with Crippen LogP contribution in [0.25, 0.3) is 22.4 Å². The molecule has 1 saturated heterocycles. The molecule has 3 heterocycles. The highest BCUT2D eigenvalue weighted by molar-refractivity contribution is 7.17. The molecule has 0 radical (unpaired) electrons. The minimum Gasteiger partial charge on any atom is -0.494 e. The Morgan fingerprint density at radius 1 is 1.33 bits per heavy atom. The molecule has 1 unspecified atom stereocenters. The zero-order valence-corrected chi connectivity index (χ0v) is 17.6. The number of ether oxygens (including phenoxy) is 1. The van der Waals surface area contributed by atoms with Gasteiger partial charge in [0.2, 0.25) is 5.89 Å². The van der Waals surface area contributed by atoms with Gasteiger partial charge >= 0.3 is 0 Å². The third-order valence-corrected chi connectivity index (χ3v) is 5.37. The molecular formula is C20H21F2N4O3P. The fourth-order valence-corrected chi connectivity index (χ4v) is 3.70. The summed E-state index contributed by atoms with van der Waals surface area (Å²) >= 11 is 0. The molecule has 1 N–H and O–H groups in total. The molecule has 1 aliphatic heterocycles. The van der Waals surface area contributed by atoms with Crippen molar-refractivity contribution in [1.29, 1.82) is 0 Å². The number of aromatic nitrogens is 2. The number of amides is 1. The van der Waals surface area contributed by atoms with E-state index in [1.165, 1.54) is 34.7 Å². The fourth-order valence-electron chi connectivity index (χ4n) is 3.54. The molecular weight excluding hydrogens is 413 g/mol. The van der Waals surface area contributed by atoms with Crippen molar-refractivity contribution < 1.29 is 22.7 Å². The van der Waals surface area contributed by atoms with Crippen LogP contribution >= 0.6 is 9.24 Å². The molecule has 10 heteroatoms. The number of benzene rings is 1. The van der Waals surface area contributed by atoms with Crippen LogP contribution < -0.4 is 10.1 Å². The maximum atomic E-state index is 13.7. The molecule has 1 aromatic carbocycles. The molecule has 30 heavy (non-hydrogen) atoms. The maximum absolute atomic E-state index is 13.7. The molecule has 2 aromatic heterocycles. The van der Waals surface area contributed by atoms with Crippen LogP contribution in [0.1, 0.15) is 22.6 Å². The number of nitrogens with zero attached hydrogens (tertiary/aromatic N) is 3. The summed E-state index contributed by atoms with van der Waals surface area (Å²) in [7, 11) is 4.91. The van der Waals surface area contributed by atoms with Crippen LogP contribution in [0, 0.1) is 0 Å². The first-order valence-corrected chi connectivity index (χ1v) is 9.94. The number of carbonyl (C=O) groups excluding carboxylic acids is 1. The third-order valence-electron chi connectivity index (χ3n) is 5.08. The highest BCUT2D eigenvalue weighted by Crippen LogP contribution is 2.38. The Kier molecular flexibility index (Phi) is 5.42.